The van der Waals surface area contributed by atoms with Crippen LogP contribution in [0.3, 0.4) is 0 Å². The summed E-state index contributed by atoms with van der Waals surface area (Å²) in [5.74, 6) is -1.01. The van der Waals surface area contributed by atoms with Crippen molar-refractivity contribution in [2.24, 2.45) is 0 Å². The van der Waals surface area contributed by atoms with Crippen LogP contribution in [0.15, 0.2) is 43.0 Å². The van der Waals surface area contributed by atoms with E-state index >= 15 is 0 Å². The van der Waals surface area contributed by atoms with E-state index in [0.29, 0.717) is 0 Å². The van der Waals surface area contributed by atoms with Crippen molar-refractivity contribution >= 4 is 11.9 Å². The van der Waals surface area contributed by atoms with Crippen molar-refractivity contribution in [1.82, 2.24) is 0 Å². The maximum atomic E-state index is 11.6. The van der Waals surface area contributed by atoms with Crippen LogP contribution in [0, 0.1) is 0 Å². The number of ether oxygens (including phenoxy) is 5. The molecule has 0 N–H and O–H groups in total. The maximum absolute atomic E-state index is 11.6. The molecule has 2 rings (SSSR count). The zero-order chi connectivity index (χ0) is 18.9. The molecule has 1 heterocycles. The Kier molecular flexibility index (Phi) is 7.77. The monoisotopic (exact) mass is 364 g/mol. The fourth-order valence-corrected chi connectivity index (χ4v) is 2.64. The van der Waals surface area contributed by atoms with Crippen molar-refractivity contribution in [1.29, 1.82) is 0 Å². The number of esters is 2. The highest BCUT2D eigenvalue weighted by Crippen LogP contribution is 2.26. The molecule has 142 valence electrons. The predicted molar refractivity (Wildman–Crippen MR) is 92.0 cm³/mol. The van der Waals surface area contributed by atoms with Gasteiger partial charge in [0.2, 0.25) is 0 Å². The Bertz CT molecular complexity index is 601. The molecule has 0 unspecified atom stereocenters. The van der Waals surface area contributed by atoms with Crippen molar-refractivity contribution in [3.8, 4) is 0 Å². The van der Waals surface area contributed by atoms with Gasteiger partial charge in [0.15, 0.2) is 18.5 Å². The topological polar surface area (TPSA) is 80.3 Å². The van der Waals surface area contributed by atoms with Gasteiger partial charge in [-0.2, -0.15) is 0 Å². The molecule has 7 heteroatoms. The minimum absolute atomic E-state index is 0.0323. The summed E-state index contributed by atoms with van der Waals surface area (Å²) in [5, 5.41) is 0. The number of carbonyl (C=O) groups is 2. The van der Waals surface area contributed by atoms with Crippen LogP contribution in [0.25, 0.3) is 0 Å². The first-order valence-corrected chi connectivity index (χ1v) is 8.35. The predicted octanol–water partition coefficient (Wildman–Crippen LogP) is 1.99. The average Bonchev–Trinajstić information content (AvgIpc) is 2.61. The quantitative estimate of drug-likeness (QED) is 0.515. The molecule has 1 aromatic carbocycles. The highest BCUT2D eigenvalue weighted by molar-refractivity contribution is 5.67. The lowest BCUT2D eigenvalue weighted by Gasteiger charge is -2.40. The van der Waals surface area contributed by atoms with E-state index in [1.54, 1.807) is 6.08 Å². The second-order valence-corrected chi connectivity index (χ2v) is 5.81. The van der Waals surface area contributed by atoms with Gasteiger partial charge in [0.1, 0.15) is 6.10 Å². The molecule has 7 nitrogen and oxygen atoms in total. The lowest BCUT2D eigenvalue weighted by atomic mass is 10.0. The van der Waals surface area contributed by atoms with Crippen molar-refractivity contribution in [3.63, 3.8) is 0 Å². The van der Waals surface area contributed by atoms with Gasteiger partial charge in [-0.25, -0.2) is 0 Å². The lowest BCUT2D eigenvalue weighted by molar-refractivity contribution is -0.286. The molecule has 0 aliphatic carbocycles. The molecule has 0 aromatic heterocycles. The average molecular weight is 364 g/mol. The standard InChI is InChI=1S/C19H24O7/c1-4-10-22-19-18(23-11-15-8-6-5-7-9-15)17(26-14(3)21)16(12-24-19)25-13(2)20/h4-9,16-19H,1,10-12H2,2-3H3/t16-,17+,18-,19+/m1/s1. The summed E-state index contributed by atoms with van der Waals surface area (Å²) in [7, 11) is 0. The molecule has 4 atom stereocenters. The Labute approximate surface area is 152 Å². The summed E-state index contributed by atoms with van der Waals surface area (Å²) >= 11 is 0. The lowest BCUT2D eigenvalue weighted by Crippen LogP contribution is -2.57. The van der Waals surface area contributed by atoms with Gasteiger partial charge < -0.3 is 23.7 Å². The highest BCUT2D eigenvalue weighted by Gasteiger charge is 2.46. The molecular weight excluding hydrogens is 340 g/mol. The van der Waals surface area contributed by atoms with Gasteiger partial charge in [0.05, 0.1) is 19.8 Å². The summed E-state index contributed by atoms with van der Waals surface area (Å²) in [6, 6.07) is 9.52. The third-order valence-corrected chi connectivity index (χ3v) is 3.67. The van der Waals surface area contributed by atoms with Crippen LogP contribution in [-0.2, 0) is 39.9 Å². The summed E-state index contributed by atoms with van der Waals surface area (Å²) < 4.78 is 27.8. The van der Waals surface area contributed by atoms with Crippen molar-refractivity contribution in [2.45, 2.75) is 45.1 Å². The Hall–Kier alpha value is -2.22. The van der Waals surface area contributed by atoms with E-state index in [-0.39, 0.29) is 19.8 Å². The molecule has 26 heavy (non-hydrogen) atoms. The summed E-state index contributed by atoms with van der Waals surface area (Å²) in [6.07, 6.45) is -1.59. The fourth-order valence-electron chi connectivity index (χ4n) is 2.64. The molecule has 1 aliphatic heterocycles. The fraction of sp³-hybridized carbons (Fsp3) is 0.474. The van der Waals surface area contributed by atoms with Gasteiger partial charge in [0.25, 0.3) is 0 Å². The van der Waals surface area contributed by atoms with Crippen LogP contribution in [0.4, 0.5) is 0 Å². The van der Waals surface area contributed by atoms with Crippen LogP contribution in [0.5, 0.6) is 0 Å². The molecule has 1 saturated heterocycles. The minimum Gasteiger partial charge on any atom is -0.456 e. The number of benzene rings is 1. The van der Waals surface area contributed by atoms with E-state index in [1.165, 1.54) is 13.8 Å². The number of hydrogen-bond acceptors (Lipinski definition) is 7. The zero-order valence-electron chi connectivity index (χ0n) is 15.0. The van der Waals surface area contributed by atoms with E-state index in [1.807, 2.05) is 30.3 Å². The number of hydrogen-bond donors (Lipinski definition) is 0. The second-order valence-electron chi connectivity index (χ2n) is 5.81. The number of carbonyl (C=O) groups excluding carboxylic acids is 2. The van der Waals surface area contributed by atoms with E-state index in [2.05, 4.69) is 6.58 Å². The van der Waals surface area contributed by atoms with E-state index in [9.17, 15) is 9.59 Å². The molecule has 0 spiro atoms. The first-order valence-electron chi connectivity index (χ1n) is 8.35. The molecular formula is C19H24O7. The normalized spacial score (nSPS) is 25.3. The van der Waals surface area contributed by atoms with Gasteiger partial charge in [-0.1, -0.05) is 36.4 Å². The van der Waals surface area contributed by atoms with Crippen LogP contribution < -0.4 is 0 Å². The summed E-state index contributed by atoms with van der Waals surface area (Å²) in [6.45, 7) is 6.70. The summed E-state index contributed by atoms with van der Waals surface area (Å²) in [4.78, 5) is 22.9. The SMILES string of the molecule is C=CCO[C@H]1OC[C@@H](OC(C)=O)[C@H](OC(C)=O)[C@H]1OCc1ccccc1. The van der Waals surface area contributed by atoms with E-state index < -0.39 is 36.5 Å². The van der Waals surface area contributed by atoms with Crippen LogP contribution in [0.2, 0.25) is 0 Å². The maximum Gasteiger partial charge on any atom is 0.303 e. The second kappa shape index (κ2) is 10.1. The molecule has 1 fully saturated rings. The molecule has 0 bridgehead atoms. The van der Waals surface area contributed by atoms with Gasteiger partial charge in [-0.05, 0) is 5.56 Å². The van der Waals surface area contributed by atoms with Gasteiger partial charge in [-0.3, -0.25) is 9.59 Å². The number of rotatable bonds is 8. The van der Waals surface area contributed by atoms with Crippen molar-refractivity contribution in [3.05, 3.63) is 48.6 Å². The first-order chi connectivity index (χ1) is 12.5. The molecule has 1 aliphatic rings. The Morgan fingerprint density at radius 1 is 1.12 bits per heavy atom. The third kappa shape index (κ3) is 5.94. The first kappa shape index (κ1) is 20.1. The van der Waals surface area contributed by atoms with Gasteiger partial charge in [0, 0.05) is 13.8 Å². The smallest absolute Gasteiger partial charge is 0.303 e. The molecule has 0 amide bonds. The van der Waals surface area contributed by atoms with Crippen LogP contribution in [-0.4, -0.2) is 49.8 Å². The third-order valence-electron chi connectivity index (χ3n) is 3.67. The molecule has 0 saturated carbocycles. The Morgan fingerprint density at radius 2 is 1.81 bits per heavy atom. The van der Waals surface area contributed by atoms with Gasteiger partial charge in [-0.15, -0.1) is 6.58 Å². The van der Waals surface area contributed by atoms with Crippen LogP contribution in [0.1, 0.15) is 19.4 Å². The zero-order valence-corrected chi connectivity index (χ0v) is 15.0. The van der Waals surface area contributed by atoms with Gasteiger partial charge >= 0.3 is 11.9 Å². The Balaban J connectivity index is 2.18. The van der Waals surface area contributed by atoms with Crippen molar-refractivity contribution < 1.29 is 33.3 Å². The largest absolute Gasteiger partial charge is 0.456 e. The minimum atomic E-state index is -0.844. The summed E-state index contributed by atoms with van der Waals surface area (Å²) in [5.41, 5.74) is 0.936. The molecule has 1 aromatic rings. The highest BCUT2D eigenvalue weighted by atomic mass is 16.7. The van der Waals surface area contributed by atoms with E-state index in [4.69, 9.17) is 23.7 Å². The van der Waals surface area contributed by atoms with Crippen LogP contribution >= 0.6 is 0 Å². The molecule has 0 radical (unpaired) electrons. The Morgan fingerprint density at radius 3 is 2.42 bits per heavy atom. The van der Waals surface area contributed by atoms with Crippen molar-refractivity contribution in [2.75, 3.05) is 13.2 Å². The van der Waals surface area contributed by atoms with E-state index in [0.717, 1.165) is 5.56 Å².